The first-order valence-electron chi connectivity index (χ1n) is 7.26. The minimum Gasteiger partial charge on any atom is -0.381 e. The van der Waals surface area contributed by atoms with E-state index in [1.54, 1.807) is 6.07 Å². The van der Waals surface area contributed by atoms with Crippen LogP contribution < -0.4 is 5.32 Å². The first kappa shape index (κ1) is 16.1. The summed E-state index contributed by atoms with van der Waals surface area (Å²) in [6.07, 6.45) is 2.98. The Morgan fingerprint density at radius 3 is 2.68 bits per heavy atom. The average molecular weight is 267 g/mol. The van der Waals surface area contributed by atoms with E-state index in [0.29, 0.717) is 6.61 Å². The van der Waals surface area contributed by atoms with Crippen LogP contribution in [0, 0.1) is 12.7 Å². The fraction of sp³-hybridized carbons (Fsp3) is 0.625. The van der Waals surface area contributed by atoms with Gasteiger partial charge in [-0.25, -0.2) is 4.39 Å². The summed E-state index contributed by atoms with van der Waals surface area (Å²) >= 11 is 0. The van der Waals surface area contributed by atoms with Crippen molar-refractivity contribution in [3.05, 3.63) is 35.1 Å². The monoisotopic (exact) mass is 267 g/mol. The minimum absolute atomic E-state index is 0.168. The van der Waals surface area contributed by atoms with Crippen LogP contribution in [-0.2, 0) is 4.74 Å². The molecule has 1 unspecified atom stereocenters. The highest BCUT2D eigenvalue weighted by atomic mass is 19.1. The summed E-state index contributed by atoms with van der Waals surface area (Å²) in [6.45, 7) is 8.71. The summed E-state index contributed by atoms with van der Waals surface area (Å²) in [4.78, 5) is 0. The minimum atomic E-state index is -0.168. The zero-order valence-corrected chi connectivity index (χ0v) is 12.3. The molecule has 0 saturated carbocycles. The summed E-state index contributed by atoms with van der Waals surface area (Å²) < 4.78 is 19.0. The quantitative estimate of drug-likeness (QED) is 0.683. The van der Waals surface area contributed by atoms with Crippen molar-refractivity contribution in [1.29, 1.82) is 0 Å². The molecule has 19 heavy (non-hydrogen) atoms. The smallest absolute Gasteiger partial charge is 0.123 e. The second kappa shape index (κ2) is 9.05. The summed E-state index contributed by atoms with van der Waals surface area (Å²) in [5, 5.41) is 3.48. The van der Waals surface area contributed by atoms with Crippen molar-refractivity contribution < 1.29 is 9.13 Å². The van der Waals surface area contributed by atoms with Crippen LogP contribution in [0.15, 0.2) is 18.2 Å². The molecule has 1 aromatic rings. The van der Waals surface area contributed by atoms with Crippen molar-refractivity contribution in [1.82, 2.24) is 5.32 Å². The normalized spacial score (nSPS) is 12.6. The molecular formula is C16H26FNO. The van der Waals surface area contributed by atoms with Gasteiger partial charge in [0, 0.05) is 19.3 Å². The standard InChI is InChI=1S/C16H26FNO/c1-4-9-18-16(8-11-19-10-5-2)15-12-14(17)7-6-13(15)3/h6-7,12,16,18H,4-5,8-11H2,1-3H3. The van der Waals surface area contributed by atoms with Crippen molar-refractivity contribution in [2.24, 2.45) is 0 Å². The van der Waals surface area contributed by atoms with Crippen LogP contribution in [0.2, 0.25) is 0 Å². The predicted octanol–water partition coefficient (Wildman–Crippen LogP) is 3.99. The third-order valence-corrected chi connectivity index (χ3v) is 3.16. The lowest BCUT2D eigenvalue weighted by Gasteiger charge is -2.21. The highest BCUT2D eigenvalue weighted by molar-refractivity contribution is 5.29. The van der Waals surface area contributed by atoms with E-state index in [2.05, 4.69) is 19.2 Å². The van der Waals surface area contributed by atoms with Gasteiger partial charge in [0.05, 0.1) is 0 Å². The van der Waals surface area contributed by atoms with Gasteiger partial charge < -0.3 is 10.1 Å². The summed E-state index contributed by atoms with van der Waals surface area (Å²) in [6, 6.07) is 5.18. The van der Waals surface area contributed by atoms with Gasteiger partial charge in [0.1, 0.15) is 5.82 Å². The summed E-state index contributed by atoms with van der Waals surface area (Å²) in [7, 11) is 0. The van der Waals surface area contributed by atoms with E-state index >= 15 is 0 Å². The molecule has 3 heteroatoms. The summed E-state index contributed by atoms with van der Waals surface area (Å²) in [5.74, 6) is -0.168. The second-order valence-electron chi connectivity index (χ2n) is 4.91. The second-order valence-corrected chi connectivity index (χ2v) is 4.91. The number of nitrogens with one attached hydrogen (secondary N) is 1. The molecule has 0 aliphatic carbocycles. The molecule has 0 saturated heterocycles. The Kier molecular flexibility index (Phi) is 7.68. The molecule has 1 rings (SSSR count). The first-order valence-corrected chi connectivity index (χ1v) is 7.26. The molecule has 0 heterocycles. The molecule has 0 amide bonds. The maximum atomic E-state index is 13.4. The number of halogens is 1. The molecule has 0 spiro atoms. The van der Waals surface area contributed by atoms with E-state index in [1.165, 1.54) is 6.07 Å². The van der Waals surface area contributed by atoms with Crippen LogP contribution in [0.3, 0.4) is 0 Å². The van der Waals surface area contributed by atoms with Gasteiger partial charge in [-0.2, -0.15) is 0 Å². The zero-order chi connectivity index (χ0) is 14.1. The van der Waals surface area contributed by atoms with Gasteiger partial charge in [0.2, 0.25) is 0 Å². The lowest BCUT2D eigenvalue weighted by Crippen LogP contribution is -2.24. The maximum absolute atomic E-state index is 13.4. The predicted molar refractivity (Wildman–Crippen MR) is 77.9 cm³/mol. The van der Waals surface area contributed by atoms with Gasteiger partial charge in [-0.05, 0) is 56.0 Å². The average Bonchev–Trinajstić information content (AvgIpc) is 2.41. The molecule has 0 bridgehead atoms. The fourth-order valence-electron chi connectivity index (χ4n) is 2.12. The van der Waals surface area contributed by atoms with E-state index in [9.17, 15) is 4.39 Å². The Balaban J connectivity index is 2.68. The number of ether oxygens (including phenoxy) is 1. The molecule has 0 radical (unpaired) electrons. The number of hydrogen-bond donors (Lipinski definition) is 1. The van der Waals surface area contributed by atoms with Gasteiger partial charge in [0.25, 0.3) is 0 Å². The van der Waals surface area contributed by atoms with Gasteiger partial charge in [-0.3, -0.25) is 0 Å². The highest BCUT2D eigenvalue weighted by Gasteiger charge is 2.13. The number of aryl methyl sites for hydroxylation is 1. The van der Waals surface area contributed by atoms with Gasteiger partial charge in [0.15, 0.2) is 0 Å². The van der Waals surface area contributed by atoms with E-state index in [1.807, 2.05) is 13.0 Å². The highest BCUT2D eigenvalue weighted by Crippen LogP contribution is 2.22. The molecule has 1 N–H and O–H groups in total. The summed E-state index contributed by atoms with van der Waals surface area (Å²) in [5.41, 5.74) is 2.18. The molecule has 0 aliphatic rings. The molecule has 1 aromatic carbocycles. The van der Waals surface area contributed by atoms with Gasteiger partial charge in [-0.15, -0.1) is 0 Å². The third kappa shape index (κ3) is 5.70. The van der Waals surface area contributed by atoms with E-state index in [4.69, 9.17) is 4.74 Å². The van der Waals surface area contributed by atoms with Crippen molar-refractivity contribution in [3.8, 4) is 0 Å². The van der Waals surface area contributed by atoms with Gasteiger partial charge >= 0.3 is 0 Å². The maximum Gasteiger partial charge on any atom is 0.123 e. The Bertz CT molecular complexity index is 368. The van der Waals surface area contributed by atoms with Crippen LogP contribution in [-0.4, -0.2) is 19.8 Å². The number of rotatable bonds is 9. The Hall–Kier alpha value is -0.930. The van der Waals surface area contributed by atoms with Crippen LogP contribution in [0.1, 0.15) is 50.3 Å². The van der Waals surface area contributed by atoms with Crippen LogP contribution in [0.25, 0.3) is 0 Å². The lowest BCUT2D eigenvalue weighted by molar-refractivity contribution is 0.124. The molecule has 0 fully saturated rings. The van der Waals surface area contributed by atoms with Crippen molar-refractivity contribution in [3.63, 3.8) is 0 Å². The molecule has 0 aliphatic heterocycles. The topological polar surface area (TPSA) is 21.3 Å². The van der Waals surface area contributed by atoms with E-state index < -0.39 is 0 Å². The first-order chi connectivity index (χ1) is 9.19. The SMILES string of the molecule is CCCNC(CCOCCC)c1cc(F)ccc1C. The van der Waals surface area contributed by atoms with Crippen molar-refractivity contribution in [2.45, 2.75) is 46.1 Å². The molecule has 2 nitrogen and oxygen atoms in total. The number of benzene rings is 1. The Labute approximate surface area is 116 Å². The molecular weight excluding hydrogens is 241 g/mol. The largest absolute Gasteiger partial charge is 0.381 e. The van der Waals surface area contributed by atoms with Crippen LogP contribution in [0.4, 0.5) is 4.39 Å². The Morgan fingerprint density at radius 1 is 1.21 bits per heavy atom. The van der Waals surface area contributed by atoms with Crippen LogP contribution in [0.5, 0.6) is 0 Å². The van der Waals surface area contributed by atoms with E-state index in [-0.39, 0.29) is 11.9 Å². The van der Waals surface area contributed by atoms with E-state index in [0.717, 1.165) is 43.5 Å². The lowest BCUT2D eigenvalue weighted by atomic mass is 9.98. The third-order valence-electron chi connectivity index (χ3n) is 3.16. The van der Waals surface area contributed by atoms with Crippen molar-refractivity contribution >= 4 is 0 Å². The van der Waals surface area contributed by atoms with Crippen LogP contribution >= 0.6 is 0 Å². The molecule has 0 aromatic heterocycles. The van der Waals surface area contributed by atoms with Gasteiger partial charge in [-0.1, -0.05) is 19.9 Å². The molecule has 108 valence electrons. The molecule has 1 atom stereocenters. The number of hydrogen-bond acceptors (Lipinski definition) is 2. The Morgan fingerprint density at radius 2 is 2.00 bits per heavy atom. The van der Waals surface area contributed by atoms with Crippen molar-refractivity contribution in [2.75, 3.05) is 19.8 Å². The fourth-order valence-corrected chi connectivity index (χ4v) is 2.12. The zero-order valence-electron chi connectivity index (χ0n) is 12.3.